The minimum Gasteiger partial charge on any atom is -0.323 e. The van der Waals surface area contributed by atoms with E-state index in [0.717, 1.165) is 0 Å². The Morgan fingerprint density at radius 2 is 2.26 bits per heavy atom. The van der Waals surface area contributed by atoms with Crippen LogP contribution in [0.15, 0.2) is 12.4 Å². The van der Waals surface area contributed by atoms with Crippen molar-refractivity contribution >= 4 is 21.6 Å². The SMILES string of the molecule is Cn1cc(NC(=O)C2CCCN(S(C)(=O)=O)C2)cn1. The summed E-state index contributed by atoms with van der Waals surface area (Å²) in [7, 11) is -1.46. The summed E-state index contributed by atoms with van der Waals surface area (Å²) in [5, 5.41) is 6.73. The Bertz CT molecular complexity index is 566. The first-order valence-electron chi connectivity index (χ1n) is 6.11. The number of hydrogen-bond acceptors (Lipinski definition) is 4. The number of aromatic nitrogens is 2. The number of nitrogens with zero attached hydrogens (tertiary/aromatic N) is 3. The van der Waals surface area contributed by atoms with Crippen LogP contribution < -0.4 is 5.32 Å². The Kier molecular flexibility index (Phi) is 3.91. The highest BCUT2D eigenvalue weighted by Crippen LogP contribution is 2.20. The van der Waals surface area contributed by atoms with Crippen LogP contribution in [0.25, 0.3) is 0 Å². The van der Waals surface area contributed by atoms with Crippen LogP contribution in [0.3, 0.4) is 0 Å². The highest BCUT2D eigenvalue weighted by Gasteiger charge is 2.30. The third-order valence-corrected chi connectivity index (χ3v) is 4.47. The zero-order valence-electron chi connectivity index (χ0n) is 11.0. The van der Waals surface area contributed by atoms with Crippen LogP contribution in [-0.4, -0.2) is 47.8 Å². The Morgan fingerprint density at radius 3 is 2.84 bits per heavy atom. The number of nitrogens with one attached hydrogen (secondary N) is 1. The first-order chi connectivity index (χ1) is 8.86. The molecule has 1 aliphatic rings. The minimum absolute atomic E-state index is 0.152. The highest BCUT2D eigenvalue weighted by molar-refractivity contribution is 7.88. The quantitative estimate of drug-likeness (QED) is 0.849. The van der Waals surface area contributed by atoms with Gasteiger partial charge in [-0.05, 0) is 12.8 Å². The monoisotopic (exact) mass is 286 g/mol. The van der Waals surface area contributed by atoms with Gasteiger partial charge in [-0.15, -0.1) is 0 Å². The molecule has 0 spiro atoms. The Hall–Kier alpha value is -1.41. The second-order valence-electron chi connectivity index (χ2n) is 4.85. The van der Waals surface area contributed by atoms with Crippen molar-refractivity contribution < 1.29 is 13.2 Å². The van der Waals surface area contributed by atoms with Crippen molar-refractivity contribution in [1.29, 1.82) is 0 Å². The zero-order valence-corrected chi connectivity index (χ0v) is 11.9. The molecule has 0 bridgehead atoms. The average molecular weight is 286 g/mol. The molecule has 0 saturated carbocycles. The van der Waals surface area contributed by atoms with Gasteiger partial charge >= 0.3 is 0 Å². The molecule has 1 N–H and O–H groups in total. The molecule has 19 heavy (non-hydrogen) atoms. The summed E-state index contributed by atoms with van der Waals surface area (Å²) in [4.78, 5) is 12.1. The number of anilines is 1. The zero-order chi connectivity index (χ0) is 14.0. The first-order valence-corrected chi connectivity index (χ1v) is 7.96. The lowest BCUT2D eigenvalue weighted by Crippen LogP contribution is -2.43. The van der Waals surface area contributed by atoms with Crippen LogP contribution in [0.2, 0.25) is 0 Å². The predicted molar refractivity (Wildman–Crippen MR) is 71.0 cm³/mol. The molecule has 106 valence electrons. The number of aryl methyl sites for hydroxylation is 1. The van der Waals surface area contributed by atoms with Crippen molar-refractivity contribution in [3.8, 4) is 0 Å². The van der Waals surface area contributed by atoms with E-state index in [4.69, 9.17) is 0 Å². The number of rotatable bonds is 3. The fourth-order valence-corrected chi connectivity index (χ4v) is 3.10. The van der Waals surface area contributed by atoms with E-state index >= 15 is 0 Å². The molecular weight excluding hydrogens is 268 g/mol. The highest BCUT2D eigenvalue weighted by atomic mass is 32.2. The number of sulfonamides is 1. The minimum atomic E-state index is -3.22. The van der Waals surface area contributed by atoms with Gasteiger partial charge in [-0.2, -0.15) is 5.10 Å². The maximum absolute atomic E-state index is 12.1. The lowest BCUT2D eigenvalue weighted by molar-refractivity contribution is -0.120. The fraction of sp³-hybridized carbons (Fsp3) is 0.636. The van der Waals surface area contributed by atoms with E-state index in [2.05, 4.69) is 10.4 Å². The van der Waals surface area contributed by atoms with Gasteiger partial charge in [0.1, 0.15) is 0 Å². The molecule has 1 aliphatic heterocycles. The summed E-state index contributed by atoms with van der Waals surface area (Å²) in [5.74, 6) is -0.454. The van der Waals surface area contributed by atoms with Crippen LogP contribution in [0.4, 0.5) is 5.69 Å². The van der Waals surface area contributed by atoms with Crippen LogP contribution in [0.1, 0.15) is 12.8 Å². The predicted octanol–water partition coefficient (Wildman–Crippen LogP) is 0.0302. The van der Waals surface area contributed by atoms with E-state index in [1.165, 1.54) is 10.6 Å². The van der Waals surface area contributed by atoms with E-state index < -0.39 is 10.0 Å². The van der Waals surface area contributed by atoms with Gasteiger partial charge in [0, 0.05) is 26.3 Å². The van der Waals surface area contributed by atoms with Crippen molar-refractivity contribution in [2.75, 3.05) is 24.7 Å². The van der Waals surface area contributed by atoms with Gasteiger partial charge in [-0.3, -0.25) is 9.48 Å². The summed E-state index contributed by atoms with van der Waals surface area (Å²) in [6, 6.07) is 0. The van der Waals surface area contributed by atoms with Gasteiger partial charge < -0.3 is 5.32 Å². The van der Waals surface area contributed by atoms with Crippen molar-refractivity contribution in [3.63, 3.8) is 0 Å². The second kappa shape index (κ2) is 5.30. The number of carbonyl (C=O) groups is 1. The molecule has 8 heteroatoms. The van der Waals surface area contributed by atoms with Gasteiger partial charge in [-0.25, -0.2) is 12.7 Å². The third-order valence-electron chi connectivity index (χ3n) is 3.20. The number of hydrogen-bond donors (Lipinski definition) is 1. The molecule has 1 saturated heterocycles. The molecule has 0 aliphatic carbocycles. The van der Waals surface area contributed by atoms with Crippen molar-refractivity contribution in [1.82, 2.24) is 14.1 Å². The fourth-order valence-electron chi connectivity index (χ4n) is 2.19. The summed E-state index contributed by atoms with van der Waals surface area (Å²) < 4.78 is 26.0. The first kappa shape index (κ1) is 14.0. The molecule has 2 heterocycles. The maximum Gasteiger partial charge on any atom is 0.228 e. The summed E-state index contributed by atoms with van der Waals surface area (Å²) in [5.41, 5.74) is 0.629. The third kappa shape index (κ3) is 3.54. The molecule has 7 nitrogen and oxygen atoms in total. The molecule has 1 fully saturated rings. The van der Waals surface area contributed by atoms with E-state index in [0.29, 0.717) is 25.1 Å². The lowest BCUT2D eigenvalue weighted by Gasteiger charge is -2.29. The Balaban J connectivity index is 1.99. The van der Waals surface area contributed by atoms with E-state index in [9.17, 15) is 13.2 Å². The van der Waals surface area contributed by atoms with Gasteiger partial charge in [0.15, 0.2) is 0 Å². The van der Waals surface area contributed by atoms with Gasteiger partial charge in [-0.1, -0.05) is 0 Å². The van der Waals surface area contributed by atoms with Gasteiger partial charge in [0.2, 0.25) is 15.9 Å². The van der Waals surface area contributed by atoms with E-state index in [1.54, 1.807) is 24.1 Å². The van der Waals surface area contributed by atoms with Crippen LogP contribution in [-0.2, 0) is 21.9 Å². The Morgan fingerprint density at radius 1 is 1.53 bits per heavy atom. The normalized spacial score (nSPS) is 21.3. The molecule has 1 amide bonds. The summed E-state index contributed by atoms with van der Waals surface area (Å²) >= 11 is 0. The van der Waals surface area contributed by atoms with Crippen molar-refractivity contribution in [3.05, 3.63) is 12.4 Å². The number of amides is 1. The van der Waals surface area contributed by atoms with Crippen molar-refractivity contribution in [2.45, 2.75) is 12.8 Å². The average Bonchev–Trinajstić information content (AvgIpc) is 2.74. The van der Waals surface area contributed by atoms with Gasteiger partial charge in [0.05, 0.1) is 24.1 Å². The van der Waals surface area contributed by atoms with E-state index in [1.807, 2.05) is 0 Å². The van der Waals surface area contributed by atoms with E-state index in [-0.39, 0.29) is 18.4 Å². The van der Waals surface area contributed by atoms with Crippen LogP contribution >= 0.6 is 0 Å². The summed E-state index contributed by atoms with van der Waals surface area (Å²) in [6.07, 6.45) is 5.86. The standard InChI is InChI=1S/C11H18N4O3S/c1-14-8-10(6-12-14)13-11(16)9-4-3-5-15(7-9)19(2,17)18/h6,8-9H,3-5,7H2,1-2H3,(H,13,16). The Labute approximate surface area is 112 Å². The summed E-state index contributed by atoms with van der Waals surface area (Å²) in [6.45, 7) is 0.750. The smallest absolute Gasteiger partial charge is 0.228 e. The molecule has 1 aromatic heterocycles. The molecule has 1 unspecified atom stereocenters. The molecule has 1 atom stereocenters. The number of piperidine rings is 1. The number of carbonyl (C=O) groups excluding carboxylic acids is 1. The second-order valence-corrected chi connectivity index (χ2v) is 6.83. The van der Waals surface area contributed by atoms with Gasteiger partial charge in [0.25, 0.3) is 0 Å². The molecular formula is C11H18N4O3S. The largest absolute Gasteiger partial charge is 0.323 e. The van der Waals surface area contributed by atoms with Crippen LogP contribution in [0, 0.1) is 5.92 Å². The molecule has 1 aromatic rings. The molecule has 0 aromatic carbocycles. The maximum atomic E-state index is 12.1. The molecule has 0 radical (unpaired) electrons. The lowest BCUT2D eigenvalue weighted by atomic mass is 9.99. The topological polar surface area (TPSA) is 84.3 Å². The van der Waals surface area contributed by atoms with Crippen LogP contribution in [0.5, 0.6) is 0 Å². The molecule has 2 rings (SSSR count). The van der Waals surface area contributed by atoms with Crippen molar-refractivity contribution in [2.24, 2.45) is 13.0 Å².